The van der Waals surface area contributed by atoms with Crippen molar-refractivity contribution < 1.29 is 14.3 Å². The van der Waals surface area contributed by atoms with Crippen LogP contribution < -0.4 is 10.6 Å². The van der Waals surface area contributed by atoms with E-state index in [1.54, 1.807) is 42.1 Å². The fourth-order valence-corrected chi connectivity index (χ4v) is 2.05. The molecule has 0 atom stereocenters. The van der Waals surface area contributed by atoms with Crippen LogP contribution in [0.4, 0.5) is 16.3 Å². The van der Waals surface area contributed by atoms with Gasteiger partial charge in [-0.25, -0.2) is 9.59 Å². The van der Waals surface area contributed by atoms with E-state index in [4.69, 9.17) is 4.74 Å². The Hall–Kier alpha value is -2.83. The summed E-state index contributed by atoms with van der Waals surface area (Å²) in [5.41, 5.74) is 1.63. The van der Waals surface area contributed by atoms with Gasteiger partial charge in [-0.2, -0.15) is 5.10 Å². The predicted octanol–water partition coefficient (Wildman–Crippen LogP) is 3.33. The highest BCUT2D eigenvalue weighted by Crippen LogP contribution is 2.17. The summed E-state index contributed by atoms with van der Waals surface area (Å²) < 4.78 is 6.86. The Kier molecular flexibility index (Phi) is 5.95. The molecule has 0 aliphatic heterocycles. The van der Waals surface area contributed by atoms with Crippen LogP contribution in [-0.2, 0) is 11.8 Å². The number of hydrogen-bond acceptors (Lipinski definition) is 4. The summed E-state index contributed by atoms with van der Waals surface area (Å²) in [6.45, 7) is 4.27. The fraction of sp³-hybridized carbons (Fsp3) is 0.353. The second-order valence-corrected chi connectivity index (χ2v) is 5.41. The van der Waals surface area contributed by atoms with Crippen LogP contribution in [0.2, 0.25) is 0 Å². The van der Waals surface area contributed by atoms with Crippen LogP contribution in [0.1, 0.15) is 35.8 Å². The van der Waals surface area contributed by atoms with Gasteiger partial charge in [0.2, 0.25) is 0 Å². The number of carbonyl (C=O) groups excluding carboxylic acids is 2. The molecule has 1 aromatic heterocycles. The third kappa shape index (κ3) is 4.58. The first-order chi connectivity index (χ1) is 11.5. The molecule has 2 amide bonds. The number of para-hydroxylation sites is 1. The van der Waals surface area contributed by atoms with Gasteiger partial charge in [0.25, 0.3) is 0 Å². The van der Waals surface area contributed by atoms with Crippen LogP contribution in [0.25, 0.3) is 0 Å². The molecule has 0 aliphatic rings. The Labute approximate surface area is 141 Å². The third-order valence-electron chi connectivity index (χ3n) is 3.48. The van der Waals surface area contributed by atoms with Crippen molar-refractivity contribution in [1.82, 2.24) is 9.78 Å². The number of nitrogens with one attached hydrogen (secondary N) is 2. The lowest BCUT2D eigenvalue weighted by molar-refractivity contribution is 0.0501. The van der Waals surface area contributed by atoms with Crippen LogP contribution >= 0.6 is 0 Å². The van der Waals surface area contributed by atoms with Crippen LogP contribution in [-0.4, -0.2) is 28.4 Å². The second kappa shape index (κ2) is 8.14. The lowest BCUT2D eigenvalue weighted by Gasteiger charge is -2.11. The molecule has 0 radical (unpaired) electrons. The first-order valence-corrected chi connectivity index (χ1v) is 7.86. The first-order valence-electron chi connectivity index (χ1n) is 7.86. The molecular weight excluding hydrogens is 308 g/mol. The highest BCUT2D eigenvalue weighted by atomic mass is 16.5. The van der Waals surface area contributed by atoms with Crippen molar-refractivity contribution in [2.45, 2.75) is 26.7 Å². The minimum Gasteiger partial charge on any atom is -0.462 e. The molecule has 2 rings (SSSR count). The number of hydrogen-bond donors (Lipinski definition) is 2. The van der Waals surface area contributed by atoms with E-state index in [1.807, 2.05) is 13.8 Å². The summed E-state index contributed by atoms with van der Waals surface area (Å²) in [5.74, 6) is -0.0106. The number of rotatable bonds is 6. The Morgan fingerprint density at radius 2 is 2.00 bits per heavy atom. The summed E-state index contributed by atoms with van der Waals surface area (Å²) in [5, 5.41) is 9.45. The van der Waals surface area contributed by atoms with Gasteiger partial charge in [-0.15, -0.1) is 0 Å². The highest BCUT2D eigenvalue weighted by Gasteiger charge is 2.15. The Balaban J connectivity index is 2.03. The van der Waals surface area contributed by atoms with Crippen molar-refractivity contribution in [2.24, 2.45) is 7.05 Å². The summed E-state index contributed by atoms with van der Waals surface area (Å²) in [6.07, 6.45) is 1.75. The van der Waals surface area contributed by atoms with Crippen molar-refractivity contribution in [2.75, 3.05) is 17.2 Å². The molecular formula is C17H22N4O3. The highest BCUT2D eigenvalue weighted by molar-refractivity contribution is 6.04. The van der Waals surface area contributed by atoms with E-state index in [0.29, 0.717) is 23.7 Å². The third-order valence-corrected chi connectivity index (χ3v) is 3.48. The standard InChI is InChI=1S/C17H22N4O3/c1-4-5-10-24-16(22)13-8-6-7-9-14(13)18-17(23)19-15-11-12(2)21(3)20-15/h6-9,11H,4-5,10H2,1-3H3,(H2,18,19,20,23). The van der Waals surface area contributed by atoms with Crippen molar-refractivity contribution in [3.05, 3.63) is 41.6 Å². The van der Waals surface area contributed by atoms with E-state index in [2.05, 4.69) is 15.7 Å². The van der Waals surface area contributed by atoms with Gasteiger partial charge in [0.1, 0.15) is 0 Å². The number of ether oxygens (including phenoxy) is 1. The molecule has 2 N–H and O–H groups in total. The van der Waals surface area contributed by atoms with Crippen molar-refractivity contribution in [3.8, 4) is 0 Å². The molecule has 1 aromatic carbocycles. The average molecular weight is 330 g/mol. The Morgan fingerprint density at radius 3 is 2.67 bits per heavy atom. The van der Waals surface area contributed by atoms with Gasteiger partial charge in [-0.3, -0.25) is 10.00 Å². The van der Waals surface area contributed by atoms with E-state index in [-0.39, 0.29) is 0 Å². The van der Waals surface area contributed by atoms with Crippen LogP contribution in [0, 0.1) is 6.92 Å². The van der Waals surface area contributed by atoms with Gasteiger partial charge in [-0.05, 0) is 25.5 Å². The van der Waals surface area contributed by atoms with Crippen LogP contribution in [0.15, 0.2) is 30.3 Å². The summed E-state index contributed by atoms with van der Waals surface area (Å²) in [6, 6.07) is 8.02. The summed E-state index contributed by atoms with van der Waals surface area (Å²) >= 11 is 0. The number of urea groups is 1. The summed E-state index contributed by atoms with van der Waals surface area (Å²) in [4.78, 5) is 24.2. The number of benzene rings is 1. The number of esters is 1. The Bertz CT molecular complexity index is 705. The van der Waals surface area contributed by atoms with Crippen LogP contribution in [0.3, 0.4) is 0 Å². The molecule has 7 nitrogen and oxygen atoms in total. The van der Waals surface area contributed by atoms with Crippen molar-refractivity contribution in [1.29, 1.82) is 0 Å². The van der Waals surface area contributed by atoms with Gasteiger partial charge in [0.05, 0.1) is 17.9 Å². The minimum atomic E-state index is -0.470. The van der Waals surface area contributed by atoms with Crippen molar-refractivity contribution in [3.63, 3.8) is 0 Å². The summed E-state index contributed by atoms with van der Waals surface area (Å²) in [7, 11) is 1.79. The molecule has 0 spiro atoms. The topological polar surface area (TPSA) is 85.2 Å². The largest absolute Gasteiger partial charge is 0.462 e. The van der Waals surface area contributed by atoms with Crippen LogP contribution in [0.5, 0.6) is 0 Å². The number of aromatic nitrogens is 2. The number of nitrogens with zero attached hydrogens (tertiary/aromatic N) is 2. The molecule has 128 valence electrons. The lowest BCUT2D eigenvalue weighted by Crippen LogP contribution is -2.21. The molecule has 0 fully saturated rings. The van der Waals surface area contributed by atoms with E-state index in [1.165, 1.54) is 0 Å². The first kappa shape index (κ1) is 17.5. The maximum absolute atomic E-state index is 12.1. The maximum Gasteiger partial charge on any atom is 0.340 e. The second-order valence-electron chi connectivity index (χ2n) is 5.41. The molecule has 2 aromatic rings. The number of unbranched alkanes of at least 4 members (excludes halogenated alkanes) is 1. The minimum absolute atomic E-state index is 0.320. The zero-order valence-electron chi connectivity index (χ0n) is 14.1. The average Bonchev–Trinajstić information content (AvgIpc) is 2.85. The number of anilines is 2. The molecule has 24 heavy (non-hydrogen) atoms. The van der Waals surface area contributed by atoms with Crippen molar-refractivity contribution >= 4 is 23.5 Å². The number of amides is 2. The zero-order valence-corrected chi connectivity index (χ0v) is 14.1. The fourth-order valence-electron chi connectivity index (χ4n) is 2.05. The normalized spacial score (nSPS) is 10.3. The predicted molar refractivity (Wildman–Crippen MR) is 92.2 cm³/mol. The maximum atomic E-state index is 12.1. The number of aryl methyl sites for hydroxylation is 2. The van der Waals surface area contributed by atoms with Gasteiger partial charge in [0, 0.05) is 18.8 Å². The smallest absolute Gasteiger partial charge is 0.340 e. The molecule has 1 heterocycles. The van der Waals surface area contributed by atoms with E-state index < -0.39 is 12.0 Å². The zero-order chi connectivity index (χ0) is 17.5. The van der Waals surface area contributed by atoms with E-state index >= 15 is 0 Å². The molecule has 7 heteroatoms. The molecule has 0 unspecified atom stereocenters. The molecule has 0 saturated carbocycles. The monoisotopic (exact) mass is 330 g/mol. The van der Waals surface area contributed by atoms with Gasteiger partial charge in [0.15, 0.2) is 5.82 Å². The van der Waals surface area contributed by atoms with Gasteiger partial charge < -0.3 is 10.1 Å². The Morgan fingerprint density at radius 1 is 1.25 bits per heavy atom. The number of carbonyl (C=O) groups is 2. The van der Waals surface area contributed by atoms with E-state index in [0.717, 1.165) is 18.5 Å². The SMILES string of the molecule is CCCCOC(=O)c1ccccc1NC(=O)Nc1cc(C)n(C)n1. The van der Waals surface area contributed by atoms with E-state index in [9.17, 15) is 9.59 Å². The van der Waals surface area contributed by atoms with Gasteiger partial charge >= 0.3 is 12.0 Å². The molecule has 0 aliphatic carbocycles. The molecule has 0 saturated heterocycles. The quantitative estimate of drug-likeness (QED) is 0.628. The lowest BCUT2D eigenvalue weighted by atomic mass is 10.2. The van der Waals surface area contributed by atoms with Gasteiger partial charge in [-0.1, -0.05) is 25.5 Å². The molecule has 0 bridgehead atoms.